The van der Waals surface area contributed by atoms with Crippen LogP contribution in [-0.4, -0.2) is 23.9 Å². The molecule has 0 aliphatic rings. The highest BCUT2D eigenvalue weighted by atomic mass is 32.1. The summed E-state index contributed by atoms with van der Waals surface area (Å²) in [5.41, 5.74) is 11.9. The topological polar surface area (TPSA) is 54.8 Å². The molecular formula is C54H30N4OS2. The van der Waals surface area contributed by atoms with Gasteiger partial charge in [0, 0.05) is 47.3 Å². The molecule has 0 spiro atoms. The molecule has 0 aliphatic carbocycles. The molecule has 0 amide bonds. The van der Waals surface area contributed by atoms with E-state index in [0.29, 0.717) is 0 Å². The van der Waals surface area contributed by atoms with Crippen LogP contribution in [0.3, 0.4) is 0 Å². The number of nitrogens with zero attached hydrogens (tertiary/aromatic N) is 4. The van der Waals surface area contributed by atoms with Crippen molar-refractivity contribution >= 4 is 118 Å². The molecule has 61 heavy (non-hydrogen) atoms. The maximum atomic E-state index is 11.6. The first-order valence-corrected chi connectivity index (χ1v) is 22.0. The van der Waals surface area contributed by atoms with Crippen molar-refractivity contribution in [2.24, 2.45) is 0 Å². The average Bonchev–Trinajstić information content (AvgIpc) is 4.09. The molecule has 1 N–H and O–H groups in total. The van der Waals surface area contributed by atoms with Crippen LogP contribution in [0.25, 0.3) is 129 Å². The van der Waals surface area contributed by atoms with Crippen molar-refractivity contribution in [3.8, 4) is 39.4 Å². The normalized spacial score (nSPS) is 12.3. The Labute approximate surface area is 355 Å². The second-order valence-electron chi connectivity index (χ2n) is 15.9. The molecule has 0 atom stereocenters. The van der Waals surface area contributed by atoms with Crippen molar-refractivity contribution in [2.45, 2.75) is 0 Å². The first-order chi connectivity index (χ1) is 30.1. The predicted octanol–water partition coefficient (Wildman–Crippen LogP) is 15.0. The van der Waals surface area contributed by atoms with Crippen LogP contribution in [0, 0.1) is 0 Å². The van der Waals surface area contributed by atoms with Gasteiger partial charge in [-0.15, -0.1) is 22.7 Å². The molecule has 5 nitrogen and oxygen atoms in total. The second-order valence-corrected chi connectivity index (χ2v) is 18.0. The summed E-state index contributed by atoms with van der Waals surface area (Å²) in [7, 11) is 0. The number of hydrogen-bond acceptors (Lipinski definition) is 5. The zero-order valence-corrected chi connectivity index (χ0v) is 33.9. The zero-order chi connectivity index (χ0) is 39.9. The van der Waals surface area contributed by atoms with E-state index in [-0.39, 0.29) is 5.75 Å². The molecular weight excluding hydrogens is 785 g/mol. The van der Waals surface area contributed by atoms with Crippen molar-refractivity contribution in [1.29, 1.82) is 0 Å². The van der Waals surface area contributed by atoms with Gasteiger partial charge in [-0.3, -0.25) is 8.80 Å². The maximum Gasteiger partial charge on any atom is 0.156 e. The number of rotatable bonds is 3. The molecule has 7 heteroatoms. The van der Waals surface area contributed by atoms with Gasteiger partial charge < -0.3 is 5.11 Å². The Morgan fingerprint density at radius 1 is 0.393 bits per heavy atom. The van der Waals surface area contributed by atoms with Crippen molar-refractivity contribution < 1.29 is 5.11 Å². The fraction of sp³-hybridized carbons (Fsp3) is 0. The molecule has 0 saturated heterocycles. The average molecular weight is 815 g/mol. The smallest absolute Gasteiger partial charge is 0.156 e. The van der Waals surface area contributed by atoms with Crippen LogP contribution in [0.5, 0.6) is 5.75 Å². The van der Waals surface area contributed by atoms with Crippen molar-refractivity contribution in [2.75, 3.05) is 0 Å². The lowest BCUT2D eigenvalue weighted by Gasteiger charge is -2.13. The molecule has 0 bridgehead atoms. The molecule has 284 valence electrons. The SMILES string of the molecule is Oc1ccc(-c2cc3c4ccccc4sc3c3nc4c5ccccc5ccc4n23)cc1-c1ccc(-c2cc3c4ccccc4sc3c3nc4c5ccccc5ccc4n23)cc1. The van der Waals surface area contributed by atoms with Gasteiger partial charge in [0.05, 0.1) is 42.9 Å². The number of aromatic hydroxyl groups is 1. The predicted molar refractivity (Wildman–Crippen MR) is 258 cm³/mol. The standard InChI is InChI=1S/C54H30N4OS2/c59-46-26-23-34(45-29-41-38-14-6-8-16-48(38)61-52(41)54-56-50-36-12-4-2-10-31(36)22-25-43(50)58(45)54)27-39(46)32-17-19-33(20-18-32)44-28-40-37-13-5-7-15-47(37)60-51(40)53-55-49-35-11-3-1-9-30(35)21-24-42(49)57(44)53/h1-29,59H. The van der Waals surface area contributed by atoms with E-state index in [4.69, 9.17) is 9.97 Å². The van der Waals surface area contributed by atoms with Gasteiger partial charge >= 0.3 is 0 Å². The lowest BCUT2D eigenvalue weighted by atomic mass is 9.97. The molecule has 0 radical (unpaired) electrons. The van der Waals surface area contributed by atoms with Crippen LogP contribution in [0.15, 0.2) is 176 Å². The number of hydrogen-bond donors (Lipinski definition) is 1. The Bertz CT molecular complexity index is 4190. The maximum absolute atomic E-state index is 11.6. The van der Waals surface area contributed by atoms with Gasteiger partial charge in [0.25, 0.3) is 0 Å². The van der Waals surface area contributed by atoms with E-state index >= 15 is 0 Å². The summed E-state index contributed by atoms with van der Waals surface area (Å²) in [5.74, 6) is 0.234. The molecule has 0 saturated carbocycles. The Morgan fingerprint density at radius 3 is 1.41 bits per heavy atom. The molecule has 14 rings (SSSR count). The molecule has 8 aromatic carbocycles. The summed E-state index contributed by atoms with van der Waals surface area (Å²) in [5, 5.41) is 21.0. The second kappa shape index (κ2) is 12.2. The van der Waals surface area contributed by atoms with Crippen LogP contribution in [0.4, 0.5) is 0 Å². The van der Waals surface area contributed by atoms with E-state index in [2.05, 4.69) is 173 Å². The van der Waals surface area contributed by atoms with Crippen LogP contribution >= 0.6 is 22.7 Å². The quantitative estimate of drug-likeness (QED) is 0.193. The Hall–Kier alpha value is -7.58. The molecule has 0 unspecified atom stereocenters. The minimum absolute atomic E-state index is 0.234. The summed E-state index contributed by atoms with van der Waals surface area (Å²) < 4.78 is 9.49. The summed E-state index contributed by atoms with van der Waals surface area (Å²) >= 11 is 3.60. The Balaban J connectivity index is 0.970. The lowest BCUT2D eigenvalue weighted by Crippen LogP contribution is -1.94. The van der Waals surface area contributed by atoms with Gasteiger partial charge in [-0.2, -0.15) is 0 Å². The minimum atomic E-state index is 0.234. The van der Waals surface area contributed by atoms with E-state index in [9.17, 15) is 5.11 Å². The third kappa shape index (κ3) is 4.64. The van der Waals surface area contributed by atoms with E-state index in [1.54, 1.807) is 22.7 Å². The van der Waals surface area contributed by atoms with Gasteiger partial charge in [-0.1, -0.05) is 121 Å². The van der Waals surface area contributed by atoms with Crippen molar-refractivity contribution in [3.63, 3.8) is 0 Å². The summed E-state index contributed by atoms with van der Waals surface area (Å²) in [4.78, 5) is 10.8. The number of thiophene rings is 2. The number of phenolic OH excluding ortho intramolecular Hbond substituents is 1. The molecule has 6 heterocycles. The number of pyridine rings is 2. The first kappa shape index (κ1) is 33.3. The van der Waals surface area contributed by atoms with Crippen LogP contribution < -0.4 is 0 Å². The van der Waals surface area contributed by atoms with E-state index in [0.717, 1.165) is 77.8 Å². The highest BCUT2D eigenvalue weighted by Gasteiger charge is 2.22. The molecule has 14 aromatic rings. The largest absolute Gasteiger partial charge is 0.507 e. The van der Waals surface area contributed by atoms with Gasteiger partial charge in [0.2, 0.25) is 0 Å². The Morgan fingerprint density at radius 2 is 0.852 bits per heavy atom. The van der Waals surface area contributed by atoms with Gasteiger partial charge in [0.15, 0.2) is 11.3 Å². The van der Waals surface area contributed by atoms with Crippen LogP contribution in [0.2, 0.25) is 0 Å². The fourth-order valence-corrected chi connectivity index (χ4v) is 12.1. The molecule has 0 aliphatic heterocycles. The minimum Gasteiger partial charge on any atom is -0.507 e. The molecule has 0 fully saturated rings. The summed E-state index contributed by atoms with van der Waals surface area (Å²) in [6.45, 7) is 0. The van der Waals surface area contributed by atoms with Crippen molar-refractivity contribution in [1.82, 2.24) is 18.8 Å². The monoisotopic (exact) mass is 814 g/mol. The highest BCUT2D eigenvalue weighted by Crippen LogP contribution is 2.45. The van der Waals surface area contributed by atoms with E-state index < -0.39 is 0 Å². The summed E-state index contributed by atoms with van der Waals surface area (Å²) in [6, 6.07) is 62.3. The number of phenols is 1. The van der Waals surface area contributed by atoms with Crippen LogP contribution in [-0.2, 0) is 0 Å². The van der Waals surface area contributed by atoms with Gasteiger partial charge in [-0.05, 0) is 82.1 Å². The van der Waals surface area contributed by atoms with Gasteiger partial charge in [0.1, 0.15) is 5.75 Å². The van der Waals surface area contributed by atoms with Crippen molar-refractivity contribution in [3.05, 3.63) is 176 Å². The van der Waals surface area contributed by atoms with E-state index in [1.165, 1.54) is 51.1 Å². The number of imidazole rings is 2. The number of fused-ring (bicyclic) bond motifs is 18. The number of benzene rings is 8. The molecule has 6 aromatic heterocycles. The third-order valence-electron chi connectivity index (χ3n) is 12.6. The summed E-state index contributed by atoms with van der Waals surface area (Å²) in [6.07, 6.45) is 0. The Kier molecular flexibility index (Phi) is 6.68. The fourth-order valence-electron chi connectivity index (χ4n) is 9.74. The highest BCUT2D eigenvalue weighted by molar-refractivity contribution is 7.27. The number of aromatic nitrogens is 4. The van der Waals surface area contributed by atoms with E-state index in [1.807, 2.05) is 12.1 Å². The zero-order valence-electron chi connectivity index (χ0n) is 32.3. The van der Waals surface area contributed by atoms with Gasteiger partial charge in [-0.25, -0.2) is 9.97 Å². The van der Waals surface area contributed by atoms with Crippen LogP contribution in [0.1, 0.15) is 0 Å². The lowest BCUT2D eigenvalue weighted by molar-refractivity contribution is 0.477. The third-order valence-corrected chi connectivity index (χ3v) is 15.0. The first-order valence-electron chi connectivity index (χ1n) is 20.4.